The molecule has 2 aliphatic rings. The fourth-order valence-corrected chi connectivity index (χ4v) is 4.54. The zero-order chi connectivity index (χ0) is 22.1. The van der Waals surface area contributed by atoms with Crippen LogP contribution in [0.15, 0.2) is 60.7 Å². The Labute approximate surface area is 185 Å². The third kappa shape index (κ3) is 3.75. The Kier molecular flexibility index (Phi) is 5.61. The third-order valence-electron chi connectivity index (χ3n) is 6.00. The minimum absolute atomic E-state index is 0.0839. The molecule has 3 aromatic rings. The number of carbonyl (C=O) groups excluding carboxylic acids is 1. The van der Waals surface area contributed by atoms with E-state index in [2.05, 4.69) is 17.6 Å². The highest BCUT2D eigenvalue weighted by Crippen LogP contribution is 2.41. The quantitative estimate of drug-likeness (QED) is 0.573. The summed E-state index contributed by atoms with van der Waals surface area (Å²) in [6, 6.07) is 17.8. The maximum Gasteiger partial charge on any atom is 0.251 e. The Morgan fingerprint density at radius 1 is 1.06 bits per heavy atom. The molecule has 0 bridgehead atoms. The lowest BCUT2D eigenvalue weighted by atomic mass is 9.96. The zero-order valence-electron chi connectivity index (χ0n) is 17.4. The second-order valence-corrected chi connectivity index (χ2v) is 7.99. The van der Waals surface area contributed by atoms with E-state index in [1.54, 1.807) is 4.90 Å². The van der Waals surface area contributed by atoms with Crippen LogP contribution in [0.25, 0.3) is 0 Å². The predicted octanol–water partition coefficient (Wildman–Crippen LogP) is 4.04. The second kappa shape index (κ2) is 8.70. The predicted molar refractivity (Wildman–Crippen MR) is 116 cm³/mol. The number of nitrogens with one attached hydrogen (secondary N) is 1. The van der Waals surface area contributed by atoms with Crippen LogP contribution in [0.4, 0.5) is 10.1 Å². The highest BCUT2D eigenvalue weighted by Gasteiger charge is 2.39. The molecule has 0 saturated carbocycles. The van der Waals surface area contributed by atoms with E-state index in [4.69, 9.17) is 9.47 Å². The van der Waals surface area contributed by atoms with Gasteiger partial charge in [0.15, 0.2) is 6.79 Å². The molecular formula is C25H23FN2O4. The Bertz CT molecular complexity index is 1150. The molecule has 1 atom stereocenters. The summed E-state index contributed by atoms with van der Waals surface area (Å²) < 4.78 is 25.1. The number of benzene rings is 3. The first kappa shape index (κ1) is 20.6. The standard InChI is InChI=1S/C25H23FN2O4/c26-20-11-18(24-19(12-20)14-31-15-32-24)13-28-21-8-4-7-17(22(21)23(27-30)25(28)29)10-9-16-5-2-1-3-6-16/h1-8,11-12,23,27,30H,9-10,13-15H2. The van der Waals surface area contributed by atoms with E-state index in [9.17, 15) is 14.4 Å². The van der Waals surface area contributed by atoms with Gasteiger partial charge in [-0.3, -0.25) is 4.79 Å². The van der Waals surface area contributed by atoms with Gasteiger partial charge in [-0.15, -0.1) is 0 Å². The number of ether oxygens (including phenoxy) is 2. The number of nitrogens with zero attached hydrogens (tertiary/aromatic N) is 1. The van der Waals surface area contributed by atoms with Gasteiger partial charge in [0.05, 0.1) is 13.2 Å². The number of hydrogen-bond donors (Lipinski definition) is 2. The summed E-state index contributed by atoms with van der Waals surface area (Å²) in [5.74, 6) is -0.152. The molecule has 2 aliphatic heterocycles. The Morgan fingerprint density at radius 2 is 1.91 bits per heavy atom. The van der Waals surface area contributed by atoms with E-state index in [1.807, 2.05) is 36.4 Å². The van der Waals surface area contributed by atoms with Crippen LogP contribution in [0.2, 0.25) is 0 Å². The molecule has 0 aromatic heterocycles. The molecule has 0 fully saturated rings. The van der Waals surface area contributed by atoms with Gasteiger partial charge in [0.2, 0.25) is 0 Å². The van der Waals surface area contributed by atoms with Crippen molar-refractivity contribution in [1.29, 1.82) is 0 Å². The first-order valence-electron chi connectivity index (χ1n) is 10.5. The monoisotopic (exact) mass is 434 g/mol. The van der Waals surface area contributed by atoms with Crippen LogP contribution in [0.1, 0.15) is 33.9 Å². The van der Waals surface area contributed by atoms with E-state index < -0.39 is 11.9 Å². The molecule has 0 saturated heterocycles. The maximum atomic E-state index is 14.2. The van der Waals surface area contributed by atoms with Crippen molar-refractivity contribution in [2.45, 2.75) is 32.0 Å². The number of aryl methyl sites for hydroxylation is 2. The highest BCUT2D eigenvalue weighted by molar-refractivity contribution is 6.05. The van der Waals surface area contributed by atoms with Crippen molar-refractivity contribution < 1.29 is 23.9 Å². The van der Waals surface area contributed by atoms with Crippen molar-refractivity contribution >= 4 is 11.6 Å². The van der Waals surface area contributed by atoms with Gasteiger partial charge in [0.1, 0.15) is 17.6 Å². The number of halogens is 1. The Balaban J connectivity index is 1.48. The average Bonchev–Trinajstić information content (AvgIpc) is 3.09. The first-order valence-corrected chi connectivity index (χ1v) is 10.5. The van der Waals surface area contributed by atoms with Crippen molar-refractivity contribution in [1.82, 2.24) is 5.48 Å². The van der Waals surface area contributed by atoms with Gasteiger partial charge < -0.3 is 19.6 Å². The largest absolute Gasteiger partial charge is 0.467 e. The first-order chi connectivity index (χ1) is 15.7. The van der Waals surface area contributed by atoms with Crippen molar-refractivity contribution in [2.75, 3.05) is 11.7 Å². The number of hydroxylamine groups is 1. The Morgan fingerprint density at radius 3 is 2.72 bits per heavy atom. The summed E-state index contributed by atoms with van der Waals surface area (Å²) in [5, 5.41) is 9.81. The number of amides is 1. The number of hydrogen-bond acceptors (Lipinski definition) is 5. The van der Waals surface area contributed by atoms with Gasteiger partial charge in [0.25, 0.3) is 5.91 Å². The van der Waals surface area contributed by atoms with Gasteiger partial charge in [-0.25, -0.2) is 4.39 Å². The smallest absolute Gasteiger partial charge is 0.251 e. The van der Waals surface area contributed by atoms with Crippen LogP contribution in [0.5, 0.6) is 5.75 Å². The van der Waals surface area contributed by atoms with Gasteiger partial charge in [-0.05, 0) is 42.2 Å². The molecule has 32 heavy (non-hydrogen) atoms. The van der Waals surface area contributed by atoms with Crippen LogP contribution < -0.4 is 15.1 Å². The van der Waals surface area contributed by atoms with Crippen molar-refractivity contribution in [2.24, 2.45) is 0 Å². The molecule has 5 rings (SSSR count). The fraction of sp³-hybridized carbons (Fsp3) is 0.240. The van der Waals surface area contributed by atoms with E-state index >= 15 is 0 Å². The number of fused-ring (bicyclic) bond motifs is 2. The molecule has 6 nitrogen and oxygen atoms in total. The molecule has 2 heterocycles. The van der Waals surface area contributed by atoms with Crippen LogP contribution >= 0.6 is 0 Å². The number of anilines is 1. The van der Waals surface area contributed by atoms with Gasteiger partial charge in [-0.1, -0.05) is 42.5 Å². The fourth-order valence-electron chi connectivity index (χ4n) is 4.54. The summed E-state index contributed by atoms with van der Waals surface area (Å²) >= 11 is 0. The van der Waals surface area contributed by atoms with Crippen LogP contribution in [-0.2, 0) is 35.5 Å². The van der Waals surface area contributed by atoms with Crippen molar-refractivity contribution in [3.05, 3.63) is 94.3 Å². The topological polar surface area (TPSA) is 71.0 Å². The summed E-state index contributed by atoms with van der Waals surface area (Å²) in [5.41, 5.74) is 7.01. The van der Waals surface area contributed by atoms with E-state index in [1.165, 1.54) is 17.7 Å². The molecule has 7 heteroatoms. The van der Waals surface area contributed by atoms with E-state index in [0.29, 0.717) is 22.6 Å². The molecular weight excluding hydrogens is 411 g/mol. The SMILES string of the molecule is O=C1C(NO)c2c(CCc3ccccc3)cccc2N1Cc1cc(F)cc2c1OCOC2. The molecule has 2 N–H and O–H groups in total. The highest BCUT2D eigenvalue weighted by atomic mass is 19.1. The van der Waals surface area contributed by atoms with Crippen molar-refractivity contribution in [3.63, 3.8) is 0 Å². The summed E-state index contributed by atoms with van der Waals surface area (Å²) in [6.07, 6.45) is 1.54. The van der Waals surface area contributed by atoms with Gasteiger partial charge >= 0.3 is 0 Å². The lowest BCUT2D eigenvalue weighted by Crippen LogP contribution is -2.33. The van der Waals surface area contributed by atoms with Crippen molar-refractivity contribution in [3.8, 4) is 5.75 Å². The second-order valence-electron chi connectivity index (χ2n) is 7.99. The molecule has 0 spiro atoms. The average molecular weight is 434 g/mol. The lowest BCUT2D eigenvalue weighted by molar-refractivity contribution is -0.122. The Hall–Kier alpha value is -3.26. The molecule has 1 amide bonds. The molecule has 3 aromatic carbocycles. The minimum atomic E-state index is -0.870. The molecule has 1 unspecified atom stereocenters. The minimum Gasteiger partial charge on any atom is -0.467 e. The van der Waals surface area contributed by atoms with E-state index in [0.717, 1.165) is 24.0 Å². The summed E-state index contributed by atoms with van der Waals surface area (Å²) in [6.45, 7) is 0.474. The number of rotatable bonds is 6. The summed E-state index contributed by atoms with van der Waals surface area (Å²) in [7, 11) is 0. The van der Waals surface area contributed by atoms with Gasteiger partial charge in [0, 0.05) is 22.4 Å². The molecule has 0 radical (unpaired) electrons. The lowest BCUT2D eigenvalue weighted by Gasteiger charge is -2.24. The van der Waals surface area contributed by atoms with E-state index in [-0.39, 0.29) is 25.9 Å². The molecule has 164 valence electrons. The third-order valence-corrected chi connectivity index (χ3v) is 6.00. The number of carbonyl (C=O) groups is 1. The van der Waals surface area contributed by atoms with Crippen LogP contribution in [0, 0.1) is 5.82 Å². The summed E-state index contributed by atoms with van der Waals surface area (Å²) in [4.78, 5) is 14.8. The normalized spacial score (nSPS) is 17.1. The van der Waals surface area contributed by atoms with Crippen LogP contribution in [0.3, 0.4) is 0 Å². The zero-order valence-corrected chi connectivity index (χ0v) is 17.4. The van der Waals surface area contributed by atoms with Gasteiger partial charge in [-0.2, -0.15) is 5.48 Å². The van der Waals surface area contributed by atoms with Crippen LogP contribution in [-0.4, -0.2) is 17.9 Å². The molecule has 0 aliphatic carbocycles. The maximum absolute atomic E-state index is 14.2.